The highest BCUT2D eigenvalue weighted by atomic mass is 32.2. The van der Waals surface area contributed by atoms with Crippen molar-refractivity contribution in [2.45, 2.75) is 31.5 Å². The molecule has 2 unspecified atom stereocenters. The van der Waals surface area contributed by atoms with Gasteiger partial charge in [-0.3, -0.25) is 4.79 Å². The van der Waals surface area contributed by atoms with Crippen LogP contribution in [-0.2, 0) is 4.79 Å². The predicted molar refractivity (Wildman–Crippen MR) is 60.6 cm³/mol. The van der Waals surface area contributed by atoms with E-state index in [-0.39, 0.29) is 17.7 Å². The molecule has 16 heavy (non-hydrogen) atoms. The first-order valence-electron chi connectivity index (χ1n) is 5.04. The van der Waals surface area contributed by atoms with Gasteiger partial charge in [-0.1, -0.05) is 32.0 Å². The lowest BCUT2D eigenvalue weighted by molar-refractivity contribution is -0.115. The Morgan fingerprint density at radius 1 is 1.56 bits per heavy atom. The minimum atomic E-state index is -0.420. The van der Waals surface area contributed by atoms with Crippen molar-refractivity contribution in [1.82, 2.24) is 10.2 Å². The summed E-state index contributed by atoms with van der Waals surface area (Å²) in [5.74, 6) is 0.381. The van der Waals surface area contributed by atoms with E-state index < -0.39 is 5.91 Å². The maximum absolute atomic E-state index is 10.6. The smallest absolute Gasteiger partial charge is 0.277 e. The number of primary amides is 1. The van der Waals surface area contributed by atoms with Crippen LogP contribution in [0.15, 0.2) is 9.64 Å². The van der Waals surface area contributed by atoms with Gasteiger partial charge in [-0.05, 0) is 5.92 Å². The fourth-order valence-corrected chi connectivity index (χ4v) is 1.55. The van der Waals surface area contributed by atoms with E-state index in [4.69, 9.17) is 15.9 Å². The minimum absolute atomic E-state index is 0.125. The van der Waals surface area contributed by atoms with Crippen LogP contribution in [0.3, 0.4) is 0 Å². The Hall–Kier alpha value is -1.08. The molecule has 1 rings (SSSR count). The molecule has 0 bridgehead atoms. The molecule has 6 nitrogen and oxygen atoms in total. The molecular formula is C9H16N4O2S. The molecule has 0 aromatic carbocycles. The van der Waals surface area contributed by atoms with Crippen LogP contribution in [0.1, 0.15) is 32.2 Å². The topological polar surface area (TPSA) is 108 Å². The molecule has 0 saturated carbocycles. The van der Waals surface area contributed by atoms with Crippen LogP contribution >= 0.6 is 11.8 Å². The van der Waals surface area contributed by atoms with E-state index in [0.717, 1.165) is 18.2 Å². The molecule has 0 spiro atoms. The molecule has 0 aliphatic carbocycles. The number of amides is 1. The van der Waals surface area contributed by atoms with Crippen molar-refractivity contribution >= 4 is 17.7 Å². The van der Waals surface area contributed by atoms with Crippen LogP contribution in [0.2, 0.25) is 0 Å². The molecule has 7 heteroatoms. The lowest BCUT2D eigenvalue weighted by Crippen LogP contribution is -2.18. The molecule has 2 atom stereocenters. The van der Waals surface area contributed by atoms with Gasteiger partial charge < -0.3 is 15.9 Å². The van der Waals surface area contributed by atoms with Gasteiger partial charge in [0, 0.05) is 0 Å². The average molecular weight is 244 g/mol. The number of nitrogens with two attached hydrogens (primary N) is 2. The zero-order valence-electron chi connectivity index (χ0n) is 9.34. The van der Waals surface area contributed by atoms with Crippen molar-refractivity contribution in [2.75, 3.05) is 5.75 Å². The van der Waals surface area contributed by atoms with Crippen molar-refractivity contribution in [3.63, 3.8) is 0 Å². The number of rotatable bonds is 6. The van der Waals surface area contributed by atoms with Crippen LogP contribution in [0.5, 0.6) is 0 Å². The number of aromatic nitrogens is 2. The standard InChI is InChI=1S/C9H16N4O2S/c1-3-5(2)7(11)8-12-13-9(15-8)16-4-6(10)14/h5,7H,3-4,11H2,1-2H3,(H2,10,14). The third kappa shape index (κ3) is 3.49. The SMILES string of the molecule is CCC(C)C(N)c1nnc(SCC(N)=O)o1. The van der Waals surface area contributed by atoms with Crippen molar-refractivity contribution in [2.24, 2.45) is 17.4 Å². The lowest BCUT2D eigenvalue weighted by atomic mass is 10.0. The van der Waals surface area contributed by atoms with Crippen LogP contribution in [0.25, 0.3) is 0 Å². The molecule has 0 aliphatic heterocycles. The van der Waals surface area contributed by atoms with E-state index in [1.807, 2.05) is 13.8 Å². The van der Waals surface area contributed by atoms with Gasteiger partial charge in [0.1, 0.15) is 0 Å². The fraction of sp³-hybridized carbons (Fsp3) is 0.667. The first-order valence-corrected chi connectivity index (χ1v) is 6.03. The van der Waals surface area contributed by atoms with Crippen molar-refractivity contribution < 1.29 is 9.21 Å². The lowest BCUT2D eigenvalue weighted by Gasteiger charge is -2.13. The zero-order valence-corrected chi connectivity index (χ0v) is 10.2. The van der Waals surface area contributed by atoms with Gasteiger partial charge in [0.15, 0.2) is 0 Å². The Morgan fingerprint density at radius 2 is 2.25 bits per heavy atom. The molecular weight excluding hydrogens is 228 g/mol. The van der Waals surface area contributed by atoms with Gasteiger partial charge in [0.2, 0.25) is 11.8 Å². The molecule has 1 aromatic heterocycles. The first-order chi connectivity index (χ1) is 7.54. The molecule has 0 saturated heterocycles. The molecule has 4 N–H and O–H groups in total. The average Bonchev–Trinajstić information content (AvgIpc) is 2.72. The molecule has 0 aliphatic rings. The van der Waals surface area contributed by atoms with Gasteiger partial charge in [0.25, 0.3) is 5.22 Å². The van der Waals surface area contributed by atoms with E-state index in [1.165, 1.54) is 0 Å². The van der Waals surface area contributed by atoms with Crippen molar-refractivity contribution in [3.8, 4) is 0 Å². The van der Waals surface area contributed by atoms with Gasteiger partial charge in [-0.25, -0.2) is 0 Å². The third-order valence-electron chi connectivity index (χ3n) is 2.30. The molecule has 0 radical (unpaired) electrons. The summed E-state index contributed by atoms with van der Waals surface area (Å²) in [4.78, 5) is 10.6. The molecule has 1 heterocycles. The van der Waals surface area contributed by atoms with Crippen LogP contribution in [0.4, 0.5) is 0 Å². The van der Waals surface area contributed by atoms with Gasteiger partial charge in [-0.2, -0.15) is 0 Å². The van der Waals surface area contributed by atoms with E-state index >= 15 is 0 Å². The normalized spacial score (nSPS) is 14.7. The quantitative estimate of drug-likeness (QED) is 0.713. The van der Waals surface area contributed by atoms with E-state index in [2.05, 4.69) is 10.2 Å². The highest BCUT2D eigenvalue weighted by Gasteiger charge is 2.19. The van der Waals surface area contributed by atoms with Crippen LogP contribution in [-0.4, -0.2) is 21.9 Å². The second kappa shape index (κ2) is 5.86. The number of thioether (sulfide) groups is 1. The van der Waals surface area contributed by atoms with Crippen molar-refractivity contribution in [3.05, 3.63) is 5.89 Å². The third-order valence-corrected chi connectivity index (χ3v) is 3.14. The Morgan fingerprint density at radius 3 is 2.81 bits per heavy atom. The number of carbonyl (C=O) groups is 1. The Balaban J connectivity index is 2.60. The molecule has 1 aromatic rings. The Bertz CT molecular complexity index is 355. The number of hydrogen-bond donors (Lipinski definition) is 2. The summed E-state index contributed by atoms with van der Waals surface area (Å²) in [5, 5.41) is 7.96. The Labute approximate surface area is 98.2 Å². The van der Waals surface area contributed by atoms with E-state index in [1.54, 1.807) is 0 Å². The Kier molecular flexibility index (Phi) is 4.75. The van der Waals surface area contributed by atoms with Crippen molar-refractivity contribution in [1.29, 1.82) is 0 Å². The predicted octanol–water partition coefficient (Wildman–Crippen LogP) is 0.693. The monoisotopic (exact) mass is 244 g/mol. The van der Waals surface area contributed by atoms with E-state index in [9.17, 15) is 4.79 Å². The molecule has 1 amide bonds. The van der Waals surface area contributed by atoms with Crippen LogP contribution in [0, 0.1) is 5.92 Å². The highest BCUT2D eigenvalue weighted by Crippen LogP contribution is 2.23. The van der Waals surface area contributed by atoms with Gasteiger partial charge in [-0.15, -0.1) is 10.2 Å². The van der Waals surface area contributed by atoms with E-state index in [0.29, 0.717) is 11.1 Å². The fourth-order valence-electron chi connectivity index (χ4n) is 1.04. The maximum atomic E-state index is 10.6. The number of carbonyl (C=O) groups excluding carboxylic acids is 1. The summed E-state index contributed by atoms with van der Waals surface area (Å²) < 4.78 is 5.33. The summed E-state index contributed by atoms with van der Waals surface area (Å²) in [7, 11) is 0. The summed E-state index contributed by atoms with van der Waals surface area (Å²) in [6.45, 7) is 4.06. The summed E-state index contributed by atoms with van der Waals surface area (Å²) in [6.07, 6.45) is 0.938. The second-order valence-corrected chi connectivity index (χ2v) is 4.50. The summed E-state index contributed by atoms with van der Waals surface area (Å²) >= 11 is 1.12. The highest BCUT2D eigenvalue weighted by molar-refractivity contribution is 7.99. The summed E-state index contributed by atoms with van der Waals surface area (Å²) in [6, 6.07) is -0.263. The molecule has 90 valence electrons. The summed E-state index contributed by atoms with van der Waals surface area (Å²) in [5.41, 5.74) is 10.9. The first kappa shape index (κ1) is 13.0. The number of hydrogen-bond acceptors (Lipinski definition) is 6. The van der Waals surface area contributed by atoms with Crippen LogP contribution < -0.4 is 11.5 Å². The largest absolute Gasteiger partial charge is 0.414 e. The zero-order chi connectivity index (χ0) is 12.1. The maximum Gasteiger partial charge on any atom is 0.277 e. The van der Waals surface area contributed by atoms with Gasteiger partial charge >= 0.3 is 0 Å². The second-order valence-electron chi connectivity index (χ2n) is 3.57. The molecule has 0 fully saturated rings. The minimum Gasteiger partial charge on any atom is -0.414 e. The van der Waals surface area contributed by atoms with Gasteiger partial charge in [0.05, 0.1) is 11.8 Å². The number of nitrogens with zero attached hydrogens (tertiary/aromatic N) is 2.